The van der Waals surface area contributed by atoms with Crippen LogP contribution in [0.5, 0.6) is 0 Å². The van der Waals surface area contributed by atoms with Gasteiger partial charge in [-0.15, -0.1) is 0 Å². The molecule has 6 heteroatoms. The summed E-state index contributed by atoms with van der Waals surface area (Å²) in [5, 5.41) is 2.42. The standard InChI is InChI=1S/C12H11F4NO/c1-7(18)17-9-4-2-3-8(5-9)10-6-11(13,14)12(10,15)16/h2-5,10H,6H2,1H3,(H,17,18). The van der Waals surface area contributed by atoms with Crippen LogP contribution in [0.2, 0.25) is 0 Å². The van der Waals surface area contributed by atoms with E-state index in [1.54, 1.807) is 0 Å². The molecule has 0 aliphatic heterocycles. The van der Waals surface area contributed by atoms with E-state index < -0.39 is 24.2 Å². The number of halogens is 4. The van der Waals surface area contributed by atoms with Crippen molar-refractivity contribution in [2.24, 2.45) is 0 Å². The van der Waals surface area contributed by atoms with Gasteiger partial charge in [-0.2, -0.15) is 17.6 Å². The summed E-state index contributed by atoms with van der Waals surface area (Å²) in [6, 6.07) is 5.63. The van der Waals surface area contributed by atoms with Crippen LogP contribution < -0.4 is 5.32 Å². The Kier molecular flexibility index (Phi) is 2.83. The highest BCUT2D eigenvalue weighted by atomic mass is 19.3. The van der Waals surface area contributed by atoms with E-state index in [1.165, 1.54) is 31.2 Å². The first-order valence-electron chi connectivity index (χ1n) is 5.37. The molecule has 2 rings (SSSR count). The topological polar surface area (TPSA) is 29.1 Å². The highest BCUT2D eigenvalue weighted by molar-refractivity contribution is 5.88. The van der Waals surface area contributed by atoms with Gasteiger partial charge in [-0.05, 0) is 17.7 Å². The summed E-state index contributed by atoms with van der Waals surface area (Å²) in [6.45, 7) is 1.28. The molecule has 0 saturated heterocycles. The molecule has 1 aliphatic rings. The third kappa shape index (κ3) is 1.95. The van der Waals surface area contributed by atoms with Crippen molar-refractivity contribution >= 4 is 11.6 Å². The van der Waals surface area contributed by atoms with Gasteiger partial charge in [0.15, 0.2) is 0 Å². The van der Waals surface area contributed by atoms with E-state index in [9.17, 15) is 22.4 Å². The SMILES string of the molecule is CC(=O)Nc1cccc(C2CC(F)(F)C2(F)F)c1. The van der Waals surface area contributed by atoms with Gasteiger partial charge in [-0.25, -0.2) is 0 Å². The minimum absolute atomic E-state index is 0.108. The third-order valence-corrected chi connectivity index (χ3v) is 3.00. The average molecular weight is 261 g/mol. The second-order valence-electron chi connectivity index (χ2n) is 4.39. The highest BCUT2D eigenvalue weighted by Crippen LogP contribution is 2.59. The summed E-state index contributed by atoms with van der Waals surface area (Å²) in [4.78, 5) is 10.8. The summed E-state index contributed by atoms with van der Waals surface area (Å²) in [7, 11) is 0. The van der Waals surface area contributed by atoms with E-state index in [4.69, 9.17) is 0 Å². The van der Waals surface area contributed by atoms with Crippen molar-refractivity contribution in [2.45, 2.75) is 31.1 Å². The Morgan fingerprint density at radius 2 is 2.00 bits per heavy atom. The van der Waals surface area contributed by atoms with Crippen molar-refractivity contribution in [1.82, 2.24) is 0 Å². The molecule has 1 N–H and O–H groups in total. The molecule has 1 saturated carbocycles. The molecule has 0 radical (unpaired) electrons. The fourth-order valence-electron chi connectivity index (χ4n) is 2.01. The van der Waals surface area contributed by atoms with Gasteiger partial charge < -0.3 is 5.32 Å². The number of nitrogens with one attached hydrogen (secondary N) is 1. The van der Waals surface area contributed by atoms with E-state index in [0.717, 1.165) is 0 Å². The summed E-state index contributed by atoms with van der Waals surface area (Å²) < 4.78 is 51.9. The maximum Gasteiger partial charge on any atom is 0.317 e. The van der Waals surface area contributed by atoms with Crippen molar-refractivity contribution in [3.05, 3.63) is 29.8 Å². The molecule has 1 atom stereocenters. The lowest BCUT2D eigenvalue weighted by atomic mass is 9.72. The van der Waals surface area contributed by atoms with Crippen molar-refractivity contribution in [3.8, 4) is 0 Å². The first kappa shape index (κ1) is 12.9. The zero-order valence-electron chi connectivity index (χ0n) is 9.51. The van der Waals surface area contributed by atoms with Crippen LogP contribution >= 0.6 is 0 Å². The Labute approximate surface area is 101 Å². The third-order valence-electron chi connectivity index (χ3n) is 3.00. The quantitative estimate of drug-likeness (QED) is 0.812. The summed E-state index contributed by atoms with van der Waals surface area (Å²) in [5.41, 5.74) is 0.434. The predicted octanol–water partition coefficient (Wildman–Crippen LogP) is 3.40. The van der Waals surface area contributed by atoms with Gasteiger partial charge in [0, 0.05) is 19.0 Å². The molecule has 98 valence electrons. The molecular weight excluding hydrogens is 250 g/mol. The molecule has 18 heavy (non-hydrogen) atoms. The molecular formula is C12H11F4NO. The van der Waals surface area contributed by atoms with Gasteiger partial charge in [-0.3, -0.25) is 4.79 Å². The number of alkyl halides is 4. The Morgan fingerprint density at radius 3 is 2.50 bits per heavy atom. The Hall–Kier alpha value is -1.59. The minimum atomic E-state index is -4.03. The number of amides is 1. The molecule has 0 bridgehead atoms. The van der Waals surface area contributed by atoms with E-state index in [2.05, 4.69) is 5.32 Å². The number of carbonyl (C=O) groups excluding carboxylic acids is 1. The molecule has 1 aromatic carbocycles. The van der Waals surface area contributed by atoms with E-state index in [0.29, 0.717) is 5.69 Å². The Morgan fingerprint density at radius 1 is 1.33 bits per heavy atom. The van der Waals surface area contributed by atoms with Crippen LogP contribution in [0.15, 0.2) is 24.3 Å². The minimum Gasteiger partial charge on any atom is -0.326 e. The molecule has 1 fully saturated rings. The van der Waals surface area contributed by atoms with Crippen molar-refractivity contribution in [2.75, 3.05) is 5.32 Å². The molecule has 0 heterocycles. The van der Waals surface area contributed by atoms with E-state index in [1.807, 2.05) is 0 Å². The fourth-order valence-corrected chi connectivity index (χ4v) is 2.01. The van der Waals surface area contributed by atoms with Crippen LogP contribution in [0.4, 0.5) is 23.2 Å². The second-order valence-corrected chi connectivity index (χ2v) is 4.39. The smallest absolute Gasteiger partial charge is 0.317 e. The summed E-state index contributed by atoms with van der Waals surface area (Å²) in [5.74, 6) is -9.82. The van der Waals surface area contributed by atoms with Gasteiger partial charge in [0.2, 0.25) is 5.91 Å². The van der Waals surface area contributed by atoms with E-state index >= 15 is 0 Å². The number of rotatable bonds is 2. The lowest BCUT2D eigenvalue weighted by Gasteiger charge is -2.44. The largest absolute Gasteiger partial charge is 0.326 e. The van der Waals surface area contributed by atoms with Gasteiger partial charge in [0.05, 0.1) is 5.92 Å². The van der Waals surface area contributed by atoms with Crippen LogP contribution in [0.1, 0.15) is 24.8 Å². The number of carbonyl (C=O) groups is 1. The average Bonchev–Trinajstić information content (AvgIpc) is 2.25. The maximum atomic E-state index is 13.2. The Bertz CT molecular complexity index is 487. The van der Waals surface area contributed by atoms with Crippen LogP contribution in [0, 0.1) is 0 Å². The molecule has 1 aliphatic carbocycles. The fraction of sp³-hybridized carbons (Fsp3) is 0.417. The first-order chi connectivity index (χ1) is 8.24. The molecule has 2 nitrogen and oxygen atoms in total. The van der Waals surface area contributed by atoms with Crippen LogP contribution in [-0.2, 0) is 4.79 Å². The molecule has 1 unspecified atom stereocenters. The highest BCUT2D eigenvalue weighted by Gasteiger charge is 2.71. The van der Waals surface area contributed by atoms with Crippen LogP contribution in [0.25, 0.3) is 0 Å². The lowest BCUT2D eigenvalue weighted by molar-refractivity contribution is -0.290. The maximum absolute atomic E-state index is 13.2. The van der Waals surface area contributed by atoms with E-state index in [-0.39, 0.29) is 11.5 Å². The zero-order chi connectivity index (χ0) is 13.6. The second kappa shape index (κ2) is 3.96. The zero-order valence-corrected chi connectivity index (χ0v) is 9.51. The van der Waals surface area contributed by atoms with Gasteiger partial charge in [0.25, 0.3) is 0 Å². The summed E-state index contributed by atoms with van der Waals surface area (Å²) in [6.07, 6.45) is -0.872. The van der Waals surface area contributed by atoms with Gasteiger partial charge in [0.1, 0.15) is 0 Å². The van der Waals surface area contributed by atoms with Crippen molar-refractivity contribution < 1.29 is 22.4 Å². The molecule has 0 aromatic heterocycles. The van der Waals surface area contributed by atoms with Crippen LogP contribution in [0.3, 0.4) is 0 Å². The number of anilines is 1. The predicted molar refractivity (Wildman–Crippen MR) is 58.0 cm³/mol. The summed E-state index contributed by atoms with van der Waals surface area (Å²) >= 11 is 0. The molecule has 0 spiro atoms. The van der Waals surface area contributed by atoms with Crippen LogP contribution in [-0.4, -0.2) is 17.8 Å². The number of benzene rings is 1. The monoisotopic (exact) mass is 261 g/mol. The Balaban J connectivity index is 2.23. The van der Waals surface area contributed by atoms with Gasteiger partial charge >= 0.3 is 11.8 Å². The molecule has 1 amide bonds. The first-order valence-corrected chi connectivity index (χ1v) is 5.37. The van der Waals surface area contributed by atoms with Crippen molar-refractivity contribution in [1.29, 1.82) is 0 Å². The normalized spacial score (nSPS) is 24.2. The lowest BCUT2D eigenvalue weighted by Crippen LogP contribution is -2.56. The number of hydrogen-bond acceptors (Lipinski definition) is 1. The van der Waals surface area contributed by atoms with Gasteiger partial charge in [-0.1, -0.05) is 12.1 Å². The molecule has 1 aromatic rings. The number of hydrogen-bond donors (Lipinski definition) is 1. The van der Waals surface area contributed by atoms with Crippen molar-refractivity contribution in [3.63, 3.8) is 0 Å².